The molecule has 3 amide bonds. The molecule has 9 nitrogen and oxygen atoms in total. The summed E-state index contributed by atoms with van der Waals surface area (Å²) in [7, 11) is 0. The Kier molecular flexibility index (Phi) is 5.32. The first-order valence-electron chi connectivity index (χ1n) is 9.38. The van der Waals surface area contributed by atoms with E-state index in [1.807, 2.05) is 10.2 Å². The highest BCUT2D eigenvalue weighted by Crippen LogP contribution is 2.39. The average molecular weight is 452 g/mol. The number of aromatic nitrogens is 2. The van der Waals surface area contributed by atoms with Crippen molar-refractivity contribution in [2.24, 2.45) is 0 Å². The second-order valence-electron chi connectivity index (χ2n) is 7.09. The van der Waals surface area contributed by atoms with Crippen LogP contribution >= 0.6 is 0 Å². The lowest BCUT2D eigenvalue weighted by Crippen LogP contribution is -2.48. The van der Waals surface area contributed by atoms with E-state index in [0.717, 1.165) is 12.3 Å². The number of hydrogen-bond acceptors (Lipinski definition) is 6. The fourth-order valence-electron chi connectivity index (χ4n) is 3.51. The average Bonchev–Trinajstić information content (AvgIpc) is 3.16. The minimum Gasteiger partial charge on any atom is -0.503 e. The highest BCUT2D eigenvalue weighted by molar-refractivity contribution is 6.05. The first kappa shape index (κ1) is 21.3. The number of aliphatic hydroxyl groups excluding tert-OH is 1. The van der Waals surface area contributed by atoms with Crippen molar-refractivity contribution >= 4 is 29.3 Å². The number of hydrogen-bond donors (Lipinski definition) is 3. The molecule has 0 spiro atoms. The molecule has 1 saturated heterocycles. The van der Waals surface area contributed by atoms with Gasteiger partial charge >= 0.3 is 12.2 Å². The summed E-state index contributed by atoms with van der Waals surface area (Å²) in [5.74, 6) is -3.28. The third-order valence-electron chi connectivity index (χ3n) is 5.00. The van der Waals surface area contributed by atoms with Crippen molar-refractivity contribution in [2.75, 3.05) is 28.2 Å². The van der Waals surface area contributed by atoms with E-state index < -0.39 is 29.7 Å². The molecule has 3 N–H and O–H groups in total. The summed E-state index contributed by atoms with van der Waals surface area (Å²) in [5.41, 5.74) is 0.321. The minimum absolute atomic E-state index is 0.111. The number of rotatable bonds is 3. The summed E-state index contributed by atoms with van der Waals surface area (Å²) in [5, 5.41) is 13.3. The van der Waals surface area contributed by atoms with Gasteiger partial charge in [-0.25, -0.2) is 19.2 Å². The second-order valence-corrected chi connectivity index (χ2v) is 7.09. The van der Waals surface area contributed by atoms with Crippen molar-refractivity contribution in [3.05, 3.63) is 53.9 Å². The van der Waals surface area contributed by atoms with E-state index in [1.165, 1.54) is 17.0 Å². The molecule has 0 unspecified atom stereocenters. The standard InChI is InChI=1S/C19H16F4N6O3/c20-10-1-4-15(24-7-10)27-18(32)29-11-5-6-28(9-11)13-3-2-12(26-16(13)29)17(31)25-8-14(30)19(21,22)23/h1-4,7-8,11,30H,5-6,9H2,(H,25,31)(H,24,27,32)/b14-8-/t11-/m0/s1. The summed E-state index contributed by atoms with van der Waals surface area (Å²) < 4.78 is 50.3. The Labute approximate surface area is 178 Å². The van der Waals surface area contributed by atoms with Gasteiger partial charge in [-0.05, 0) is 30.7 Å². The molecule has 2 bridgehead atoms. The zero-order valence-electron chi connectivity index (χ0n) is 16.2. The van der Waals surface area contributed by atoms with Gasteiger partial charge in [0.15, 0.2) is 5.82 Å². The van der Waals surface area contributed by atoms with Crippen molar-refractivity contribution in [1.82, 2.24) is 15.3 Å². The van der Waals surface area contributed by atoms with E-state index in [0.29, 0.717) is 25.2 Å². The van der Waals surface area contributed by atoms with Crippen LogP contribution in [0.5, 0.6) is 0 Å². The molecule has 2 aromatic rings. The number of aliphatic hydroxyl groups is 1. The first-order valence-corrected chi connectivity index (χ1v) is 9.38. The number of halogens is 4. The lowest BCUT2D eigenvalue weighted by atomic mass is 10.1. The van der Waals surface area contributed by atoms with E-state index in [-0.39, 0.29) is 29.6 Å². The van der Waals surface area contributed by atoms with Gasteiger partial charge in [-0.15, -0.1) is 0 Å². The number of amides is 3. The molecule has 1 atom stereocenters. The normalized spacial score (nSPS) is 17.8. The molecule has 13 heteroatoms. The van der Waals surface area contributed by atoms with Crippen LogP contribution in [0.2, 0.25) is 0 Å². The summed E-state index contributed by atoms with van der Waals surface area (Å²) in [6, 6.07) is 4.41. The summed E-state index contributed by atoms with van der Waals surface area (Å²) in [4.78, 5) is 36.5. The maximum absolute atomic E-state index is 13.1. The van der Waals surface area contributed by atoms with Gasteiger partial charge in [0.2, 0.25) is 5.76 Å². The van der Waals surface area contributed by atoms with Crippen LogP contribution in [-0.4, -0.2) is 52.3 Å². The highest BCUT2D eigenvalue weighted by atomic mass is 19.4. The van der Waals surface area contributed by atoms with Crippen LogP contribution in [0, 0.1) is 5.82 Å². The topological polar surface area (TPSA) is 111 Å². The van der Waals surface area contributed by atoms with Crippen LogP contribution in [0.25, 0.3) is 0 Å². The Balaban J connectivity index is 1.61. The van der Waals surface area contributed by atoms with E-state index in [9.17, 15) is 27.2 Å². The molecule has 168 valence electrons. The molecule has 0 aromatic carbocycles. The maximum Gasteiger partial charge on any atom is 0.450 e. The van der Waals surface area contributed by atoms with E-state index in [4.69, 9.17) is 5.11 Å². The van der Waals surface area contributed by atoms with E-state index >= 15 is 0 Å². The smallest absolute Gasteiger partial charge is 0.450 e. The van der Waals surface area contributed by atoms with Gasteiger partial charge in [0, 0.05) is 13.1 Å². The molecule has 1 fully saturated rings. The van der Waals surface area contributed by atoms with Crippen molar-refractivity contribution in [1.29, 1.82) is 0 Å². The lowest BCUT2D eigenvalue weighted by molar-refractivity contribution is -0.120. The molecule has 4 rings (SSSR count). The number of nitrogens with one attached hydrogen (secondary N) is 2. The van der Waals surface area contributed by atoms with Crippen molar-refractivity contribution in [3.63, 3.8) is 0 Å². The van der Waals surface area contributed by atoms with Crippen LogP contribution in [0.3, 0.4) is 0 Å². The fourth-order valence-corrected chi connectivity index (χ4v) is 3.51. The third kappa shape index (κ3) is 4.13. The van der Waals surface area contributed by atoms with Crippen LogP contribution in [0.4, 0.5) is 39.7 Å². The van der Waals surface area contributed by atoms with Crippen LogP contribution in [-0.2, 0) is 0 Å². The molecule has 4 heterocycles. The molecule has 32 heavy (non-hydrogen) atoms. The van der Waals surface area contributed by atoms with Gasteiger partial charge in [0.1, 0.15) is 17.3 Å². The second kappa shape index (κ2) is 7.98. The molecule has 2 aliphatic heterocycles. The van der Waals surface area contributed by atoms with Gasteiger partial charge in [0.05, 0.1) is 24.1 Å². The Hall–Kier alpha value is -3.90. The van der Waals surface area contributed by atoms with Crippen molar-refractivity contribution < 1.29 is 32.3 Å². The minimum atomic E-state index is -5.01. The zero-order chi connectivity index (χ0) is 23.0. The molecule has 0 saturated carbocycles. The molecular formula is C19H16F4N6O3. The first-order chi connectivity index (χ1) is 15.1. The summed E-state index contributed by atoms with van der Waals surface area (Å²) in [6.07, 6.45) is -3.31. The zero-order valence-corrected chi connectivity index (χ0v) is 16.2. The van der Waals surface area contributed by atoms with Crippen LogP contribution in [0.15, 0.2) is 42.4 Å². The third-order valence-corrected chi connectivity index (χ3v) is 5.00. The number of nitrogens with zero attached hydrogens (tertiary/aromatic N) is 4. The molecule has 0 radical (unpaired) electrons. The van der Waals surface area contributed by atoms with Crippen LogP contribution < -0.4 is 20.4 Å². The van der Waals surface area contributed by atoms with Crippen molar-refractivity contribution in [3.8, 4) is 0 Å². The number of anilines is 3. The summed E-state index contributed by atoms with van der Waals surface area (Å²) in [6.45, 7) is 1.18. The Morgan fingerprint density at radius 3 is 2.69 bits per heavy atom. The number of urea groups is 1. The van der Waals surface area contributed by atoms with Gasteiger partial charge in [0.25, 0.3) is 5.91 Å². The number of carbonyl (C=O) groups is 2. The predicted molar refractivity (Wildman–Crippen MR) is 105 cm³/mol. The Morgan fingerprint density at radius 1 is 1.22 bits per heavy atom. The Bertz CT molecular complexity index is 1090. The number of allylic oxidation sites excluding steroid dienone is 1. The molecule has 2 aliphatic rings. The molecule has 2 aromatic heterocycles. The summed E-state index contributed by atoms with van der Waals surface area (Å²) >= 11 is 0. The molecule has 0 aliphatic carbocycles. The maximum atomic E-state index is 13.1. The number of fused-ring (bicyclic) bond motifs is 4. The van der Waals surface area contributed by atoms with Crippen molar-refractivity contribution in [2.45, 2.75) is 18.6 Å². The number of pyridine rings is 2. The quantitative estimate of drug-likeness (QED) is 0.488. The fraction of sp³-hybridized carbons (Fsp3) is 0.263. The van der Waals surface area contributed by atoms with Gasteiger partial charge in [-0.3, -0.25) is 15.0 Å². The van der Waals surface area contributed by atoms with Gasteiger partial charge in [-0.1, -0.05) is 0 Å². The number of alkyl halides is 3. The van der Waals surface area contributed by atoms with E-state index in [1.54, 1.807) is 6.07 Å². The van der Waals surface area contributed by atoms with Gasteiger partial charge in [-0.2, -0.15) is 13.2 Å². The van der Waals surface area contributed by atoms with E-state index in [2.05, 4.69) is 15.3 Å². The monoisotopic (exact) mass is 452 g/mol. The SMILES string of the molecule is O=C(N/C=C(\O)C(F)(F)F)c1ccc2c(n1)N(C(=O)Nc1ccc(F)cn1)[C@H]1CCN2C1. The largest absolute Gasteiger partial charge is 0.503 e. The molecular weight excluding hydrogens is 436 g/mol. The Morgan fingerprint density at radius 2 is 2.00 bits per heavy atom. The lowest BCUT2D eigenvalue weighted by Gasteiger charge is -2.35. The van der Waals surface area contributed by atoms with Gasteiger partial charge < -0.3 is 15.3 Å². The highest BCUT2D eigenvalue weighted by Gasteiger charge is 2.40. The number of carbonyl (C=O) groups excluding carboxylic acids is 2. The predicted octanol–water partition coefficient (Wildman–Crippen LogP) is 2.94. The van der Waals surface area contributed by atoms with Crippen LogP contribution in [0.1, 0.15) is 16.9 Å².